The van der Waals surface area contributed by atoms with Crippen LogP contribution in [0.4, 0.5) is 0 Å². The van der Waals surface area contributed by atoms with E-state index < -0.39 is 10.0 Å². The number of ether oxygens (including phenoxy) is 1. The number of amides is 1. The van der Waals surface area contributed by atoms with Crippen molar-refractivity contribution in [2.24, 2.45) is 5.14 Å². The zero-order valence-electron chi connectivity index (χ0n) is 12.2. The molecule has 1 heterocycles. The summed E-state index contributed by atoms with van der Waals surface area (Å²) in [7, 11) is -2.44. The molecular weight excluding hydrogens is 330 g/mol. The third kappa shape index (κ3) is 4.57. The van der Waals surface area contributed by atoms with Crippen molar-refractivity contribution in [3.8, 4) is 5.75 Å². The first-order valence-electron chi connectivity index (χ1n) is 6.64. The van der Waals surface area contributed by atoms with Crippen LogP contribution in [0, 0.1) is 0 Å². The molecule has 1 amide bonds. The van der Waals surface area contributed by atoms with Crippen LogP contribution in [0.15, 0.2) is 23.1 Å². The maximum absolute atomic E-state index is 12.2. The van der Waals surface area contributed by atoms with E-state index in [0.29, 0.717) is 12.3 Å². The first kappa shape index (κ1) is 18.7. The highest BCUT2D eigenvalue weighted by Crippen LogP contribution is 2.21. The summed E-state index contributed by atoms with van der Waals surface area (Å²) >= 11 is 0. The van der Waals surface area contributed by atoms with Crippen LogP contribution in [0.2, 0.25) is 0 Å². The van der Waals surface area contributed by atoms with Gasteiger partial charge in [-0.15, -0.1) is 12.4 Å². The van der Waals surface area contributed by atoms with E-state index in [9.17, 15) is 13.2 Å². The minimum absolute atomic E-state index is 0. The Morgan fingerprint density at radius 3 is 2.77 bits per heavy atom. The highest BCUT2D eigenvalue weighted by atomic mass is 35.5. The van der Waals surface area contributed by atoms with Crippen LogP contribution in [-0.2, 0) is 10.0 Å². The Hall–Kier alpha value is -1.35. The van der Waals surface area contributed by atoms with E-state index in [1.165, 1.54) is 25.3 Å². The largest absolute Gasteiger partial charge is 0.496 e. The number of sulfonamides is 1. The lowest BCUT2D eigenvalue weighted by atomic mass is 10.1. The normalized spacial score (nSPS) is 17.6. The number of carbonyl (C=O) groups is 1. The topological polar surface area (TPSA) is 111 Å². The van der Waals surface area contributed by atoms with Crippen molar-refractivity contribution >= 4 is 28.3 Å². The molecule has 0 aromatic heterocycles. The van der Waals surface area contributed by atoms with Crippen LogP contribution < -0.4 is 20.5 Å². The number of benzene rings is 1. The number of hydrogen-bond donors (Lipinski definition) is 3. The SMILES string of the molecule is COc1ccc(S(N)(=O)=O)cc1C(=O)NCC1CCCN1.Cl. The molecule has 1 aliphatic rings. The standard InChI is InChI=1S/C13H19N3O4S.ClH/c1-20-12-5-4-10(21(14,18)19)7-11(12)13(17)16-8-9-3-2-6-15-9;/h4-5,7,9,15H,2-3,6,8H2,1H3,(H,16,17)(H2,14,18,19);1H. The molecule has 1 aliphatic heterocycles. The molecule has 4 N–H and O–H groups in total. The van der Waals surface area contributed by atoms with Crippen molar-refractivity contribution in [2.75, 3.05) is 20.2 Å². The van der Waals surface area contributed by atoms with Crippen LogP contribution in [0.25, 0.3) is 0 Å². The number of methoxy groups -OCH3 is 1. The molecule has 0 aliphatic carbocycles. The van der Waals surface area contributed by atoms with E-state index in [4.69, 9.17) is 9.88 Å². The van der Waals surface area contributed by atoms with Gasteiger partial charge in [-0.2, -0.15) is 0 Å². The minimum atomic E-state index is -3.86. The molecule has 1 atom stereocenters. The summed E-state index contributed by atoms with van der Waals surface area (Å²) in [6.07, 6.45) is 2.10. The third-order valence-corrected chi connectivity index (χ3v) is 4.33. The van der Waals surface area contributed by atoms with Gasteiger partial charge in [0, 0.05) is 12.6 Å². The second-order valence-electron chi connectivity index (χ2n) is 4.91. The van der Waals surface area contributed by atoms with Gasteiger partial charge in [-0.3, -0.25) is 4.79 Å². The van der Waals surface area contributed by atoms with Crippen LogP contribution >= 0.6 is 12.4 Å². The van der Waals surface area contributed by atoms with E-state index >= 15 is 0 Å². The van der Waals surface area contributed by atoms with E-state index in [1.54, 1.807) is 0 Å². The Morgan fingerprint density at radius 2 is 2.23 bits per heavy atom. The summed E-state index contributed by atoms with van der Waals surface area (Å²) in [5, 5.41) is 11.1. The fourth-order valence-corrected chi connectivity index (χ4v) is 2.82. The average molecular weight is 350 g/mol. The van der Waals surface area contributed by atoms with Gasteiger partial charge in [0.2, 0.25) is 10.0 Å². The van der Waals surface area contributed by atoms with Crippen molar-refractivity contribution < 1.29 is 17.9 Å². The number of hydrogen-bond acceptors (Lipinski definition) is 5. The van der Waals surface area contributed by atoms with Crippen LogP contribution in [0.3, 0.4) is 0 Å². The molecule has 1 aromatic carbocycles. The number of primary sulfonamides is 1. The lowest BCUT2D eigenvalue weighted by Crippen LogP contribution is -2.37. The Bertz CT molecular complexity index is 630. The number of rotatable bonds is 5. The van der Waals surface area contributed by atoms with Crippen LogP contribution in [0.1, 0.15) is 23.2 Å². The molecular formula is C13H20ClN3O4S. The first-order valence-corrected chi connectivity index (χ1v) is 8.19. The molecule has 1 unspecified atom stereocenters. The molecule has 1 fully saturated rings. The molecule has 9 heteroatoms. The Balaban J connectivity index is 0.00000242. The second-order valence-corrected chi connectivity index (χ2v) is 6.47. The number of halogens is 1. The van der Waals surface area contributed by atoms with Gasteiger partial charge >= 0.3 is 0 Å². The molecule has 1 saturated heterocycles. The van der Waals surface area contributed by atoms with Gasteiger partial charge in [0.05, 0.1) is 17.6 Å². The summed E-state index contributed by atoms with van der Waals surface area (Å²) in [4.78, 5) is 12.1. The average Bonchev–Trinajstić information content (AvgIpc) is 2.96. The summed E-state index contributed by atoms with van der Waals surface area (Å²) in [5.74, 6) is -0.0784. The summed E-state index contributed by atoms with van der Waals surface area (Å²) in [6.45, 7) is 1.44. The van der Waals surface area contributed by atoms with Gasteiger partial charge in [-0.05, 0) is 37.6 Å². The van der Waals surface area contributed by atoms with Gasteiger partial charge in [0.15, 0.2) is 0 Å². The van der Waals surface area contributed by atoms with Crippen LogP contribution in [-0.4, -0.2) is 40.6 Å². The Morgan fingerprint density at radius 1 is 1.50 bits per heavy atom. The molecule has 7 nitrogen and oxygen atoms in total. The maximum Gasteiger partial charge on any atom is 0.255 e. The molecule has 0 bridgehead atoms. The number of nitrogens with two attached hydrogens (primary N) is 1. The summed E-state index contributed by atoms with van der Waals surface area (Å²) < 4.78 is 27.8. The van der Waals surface area contributed by atoms with Gasteiger partial charge < -0.3 is 15.4 Å². The lowest BCUT2D eigenvalue weighted by Gasteiger charge is -2.13. The van der Waals surface area contributed by atoms with E-state index in [0.717, 1.165) is 19.4 Å². The fourth-order valence-electron chi connectivity index (χ4n) is 2.28. The predicted octanol–water partition coefficient (Wildman–Crippen LogP) is 0.246. The first-order chi connectivity index (χ1) is 9.91. The lowest BCUT2D eigenvalue weighted by molar-refractivity contribution is 0.0947. The van der Waals surface area contributed by atoms with Gasteiger partial charge in [0.25, 0.3) is 5.91 Å². The quantitative estimate of drug-likeness (QED) is 0.705. The van der Waals surface area contributed by atoms with Gasteiger partial charge in [-0.1, -0.05) is 0 Å². The van der Waals surface area contributed by atoms with Gasteiger partial charge in [-0.25, -0.2) is 13.6 Å². The summed E-state index contributed by atoms with van der Waals surface area (Å²) in [5.41, 5.74) is 0.155. The summed E-state index contributed by atoms with van der Waals surface area (Å²) in [6, 6.07) is 4.21. The van der Waals surface area contributed by atoms with Crippen molar-refractivity contribution in [2.45, 2.75) is 23.8 Å². The van der Waals surface area contributed by atoms with Crippen LogP contribution in [0.5, 0.6) is 5.75 Å². The highest BCUT2D eigenvalue weighted by molar-refractivity contribution is 7.89. The minimum Gasteiger partial charge on any atom is -0.496 e. The van der Waals surface area contributed by atoms with Crippen molar-refractivity contribution in [3.05, 3.63) is 23.8 Å². The smallest absolute Gasteiger partial charge is 0.255 e. The Kier molecular flexibility index (Phi) is 6.61. The number of carbonyl (C=O) groups excluding carboxylic acids is 1. The van der Waals surface area contributed by atoms with E-state index in [1.807, 2.05) is 0 Å². The van der Waals surface area contributed by atoms with Crippen molar-refractivity contribution in [1.29, 1.82) is 0 Å². The van der Waals surface area contributed by atoms with E-state index in [2.05, 4.69) is 10.6 Å². The molecule has 22 heavy (non-hydrogen) atoms. The monoisotopic (exact) mass is 349 g/mol. The van der Waals surface area contributed by atoms with Crippen molar-refractivity contribution in [1.82, 2.24) is 10.6 Å². The predicted molar refractivity (Wildman–Crippen MR) is 85.0 cm³/mol. The molecule has 0 saturated carbocycles. The highest BCUT2D eigenvalue weighted by Gasteiger charge is 2.19. The van der Waals surface area contributed by atoms with Crippen molar-refractivity contribution in [3.63, 3.8) is 0 Å². The zero-order valence-corrected chi connectivity index (χ0v) is 13.8. The molecule has 0 spiro atoms. The fraction of sp³-hybridized carbons (Fsp3) is 0.462. The molecule has 0 radical (unpaired) electrons. The number of nitrogens with one attached hydrogen (secondary N) is 2. The zero-order chi connectivity index (χ0) is 15.5. The molecule has 1 aromatic rings. The second kappa shape index (κ2) is 7.77. The molecule has 124 valence electrons. The molecule has 2 rings (SSSR count). The maximum atomic E-state index is 12.2. The van der Waals surface area contributed by atoms with E-state index in [-0.39, 0.29) is 34.8 Å². The third-order valence-electron chi connectivity index (χ3n) is 3.42. The Labute approximate surface area is 136 Å². The van der Waals surface area contributed by atoms with Gasteiger partial charge in [0.1, 0.15) is 5.75 Å².